The molecule has 1 atom stereocenters. The molecule has 0 saturated heterocycles. The summed E-state index contributed by atoms with van der Waals surface area (Å²) < 4.78 is 27.5. The number of anilines is 1. The van der Waals surface area contributed by atoms with Gasteiger partial charge in [0.1, 0.15) is 4.90 Å². The van der Waals surface area contributed by atoms with Crippen LogP contribution in [0.15, 0.2) is 27.6 Å². The van der Waals surface area contributed by atoms with Gasteiger partial charge in [-0.3, -0.25) is 0 Å². The molecular formula is C11H17BrN2O3S. The predicted octanol–water partition coefficient (Wildman–Crippen LogP) is 1.47. The van der Waals surface area contributed by atoms with E-state index in [0.29, 0.717) is 12.8 Å². The molecule has 0 heterocycles. The highest BCUT2D eigenvalue weighted by Gasteiger charge is 2.21. The second-order valence-electron chi connectivity index (χ2n) is 3.92. The summed E-state index contributed by atoms with van der Waals surface area (Å²) in [6.07, 6.45) is 0.988. The normalized spacial score (nSPS) is 13.5. The van der Waals surface area contributed by atoms with Crippen molar-refractivity contribution in [2.45, 2.75) is 30.7 Å². The molecule has 0 aromatic heterocycles. The summed E-state index contributed by atoms with van der Waals surface area (Å²) >= 11 is 3.22. The van der Waals surface area contributed by atoms with Crippen LogP contribution in [0.25, 0.3) is 0 Å². The van der Waals surface area contributed by atoms with E-state index in [1.165, 1.54) is 6.07 Å². The number of halogens is 1. The third-order valence-corrected chi connectivity index (χ3v) is 4.64. The second-order valence-corrected chi connectivity index (χ2v) is 6.52. The van der Waals surface area contributed by atoms with E-state index in [0.717, 1.165) is 4.47 Å². The Labute approximate surface area is 116 Å². The van der Waals surface area contributed by atoms with Crippen molar-refractivity contribution in [2.24, 2.45) is 0 Å². The molecule has 5 nitrogen and oxygen atoms in total. The molecule has 0 aliphatic heterocycles. The molecular weight excluding hydrogens is 320 g/mol. The van der Waals surface area contributed by atoms with Gasteiger partial charge in [0, 0.05) is 17.1 Å². The average molecular weight is 337 g/mol. The molecule has 102 valence electrons. The van der Waals surface area contributed by atoms with Crippen molar-refractivity contribution in [1.29, 1.82) is 0 Å². The van der Waals surface area contributed by atoms with Crippen LogP contribution in [0, 0.1) is 0 Å². The number of aliphatic hydroxyl groups is 1. The SMILES string of the molecule is CCC(CCO)NS(=O)(=O)c1ccc(Br)cc1N. The van der Waals surface area contributed by atoms with E-state index < -0.39 is 10.0 Å². The predicted molar refractivity (Wildman–Crippen MR) is 74.7 cm³/mol. The largest absolute Gasteiger partial charge is 0.398 e. The maximum absolute atomic E-state index is 12.1. The number of benzene rings is 1. The van der Waals surface area contributed by atoms with Crippen molar-refractivity contribution in [3.05, 3.63) is 22.7 Å². The first-order valence-electron chi connectivity index (χ1n) is 5.59. The molecule has 1 rings (SSSR count). The molecule has 0 aliphatic carbocycles. The highest BCUT2D eigenvalue weighted by molar-refractivity contribution is 9.10. The quantitative estimate of drug-likeness (QED) is 0.686. The number of nitrogens with one attached hydrogen (secondary N) is 1. The minimum Gasteiger partial charge on any atom is -0.398 e. The van der Waals surface area contributed by atoms with Crippen LogP contribution < -0.4 is 10.5 Å². The average Bonchev–Trinajstić information content (AvgIpc) is 2.27. The standard InChI is InChI=1S/C11H17BrN2O3S/c1-2-9(5-6-15)14-18(16,17)11-4-3-8(12)7-10(11)13/h3-4,7,9,14-15H,2,5-6,13H2,1H3. The van der Waals surface area contributed by atoms with Crippen molar-refractivity contribution in [3.63, 3.8) is 0 Å². The molecule has 0 amide bonds. The van der Waals surface area contributed by atoms with Crippen LogP contribution >= 0.6 is 15.9 Å². The number of hydrogen-bond acceptors (Lipinski definition) is 4. The Morgan fingerprint density at radius 3 is 2.67 bits per heavy atom. The van der Waals surface area contributed by atoms with Gasteiger partial charge < -0.3 is 10.8 Å². The third kappa shape index (κ3) is 3.94. The van der Waals surface area contributed by atoms with Crippen LogP contribution in [-0.4, -0.2) is 26.2 Å². The van der Waals surface area contributed by atoms with Gasteiger partial charge >= 0.3 is 0 Å². The van der Waals surface area contributed by atoms with Gasteiger partial charge in [0.25, 0.3) is 0 Å². The lowest BCUT2D eigenvalue weighted by atomic mass is 10.2. The van der Waals surface area contributed by atoms with Crippen LogP contribution in [0.1, 0.15) is 19.8 Å². The minimum absolute atomic E-state index is 0.0575. The lowest BCUT2D eigenvalue weighted by Crippen LogP contribution is -2.35. The van der Waals surface area contributed by atoms with E-state index >= 15 is 0 Å². The van der Waals surface area contributed by atoms with E-state index in [2.05, 4.69) is 20.7 Å². The monoisotopic (exact) mass is 336 g/mol. The van der Waals surface area contributed by atoms with Gasteiger partial charge in [-0.25, -0.2) is 13.1 Å². The fraction of sp³-hybridized carbons (Fsp3) is 0.455. The Morgan fingerprint density at radius 2 is 2.17 bits per heavy atom. The van der Waals surface area contributed by atoms with Crippen molar-refractivity contribution in [1.82, 2.24) is 4.72 Å². The molecule has 4 N–H and O–H groups in total. The van der Waals surface area contributed by atoms with Gasteiger partial charge in [0.2, 0.25) is 10.0 Å². The number of hydrogen-bond donors (Lipinski definition) is 3. The summed E-state index contributed by atoms with van der Waals surface area (Å²) in [6, 6.07) is 4.33. The van der Waals surface area contributed by atoms with Crippen LogP contribution in [0.5, 0.6) is 0 Å². The lowest BCUT2D eigenvalue weighted by Gasteiger charge is -2.16. The van der Waals surface area contributed by atoms with E-state index in [-0.39, 0.29) is 23.2 Å². The van der Waals surface area contributed by atoms with Gasteiger partial charge in [-0.15, -0.1) is 0 Å². The highest BCUT2D eigenvalue weighted by atomic mass is 79.9. The topological polar surface area (TPSA) is 92.4 Å². The zero-order chi connectivity index (χ0) is 13.8. The molecule has 0 radical (unpaired) electrons. The first-order chi connectivity index (χ1) is 8.40. The molecule has 0 bridgehead atoms. The van der Waals surface area contributed by atoms with Gasteiger partial charge in [-0.2, -0.15) is 0 Å². The fourth-order valence-corrected chi connectivity index (χ4v) is 3.39. The smallest absolute Gasteiger partial charge is 0.242 e. The number of nitrogen functional groups attached to an aromatic ring is 1. The Hall–Kier alpha value is -0.630. The summed E-state index contributed by atoms with van der Waals surface area (Å²) in [4.78, 5) is 0.0575. The number of rotatable bonds is 6. The van der Waals surface area contributed by atoms with E-state index in [1.54, 1.807) is 12.1 Å². The first-order valence-corrected chi connectivity index (χ1v) is 7.86. The molecule has 0 fully saturated rings. The molecule has 18 heavy (non-hydrogen) atoms. The first kappa shape index (κ1) is 15.4. The summed E-state index contributed by atoms with van der Waals surface area (Å²) in [5, 5.41) is 8.86. The van der Waals surface area contributed by atoms with Crippen LogP contribution in [0.2, 0.25) is 0 Å². The zero-order valence-corrected chi connectivity index (χ0v) is 12.5. The zero-order valence-electron chi connectivity index (χ0n) is 10.1. The van der Waals surface area contributed by atoms with Crippen LogP contribution in [-0.2, 0) is 10.0 Å². The molecule has 7 heteroatoms. The van der Waals surface area contributed by atoms with Gasteiger partial charge in [0.05, 0.1) is 5.69 Å². The summed E-state index contributed by atoms with van der Waals surface area (Å²) in [5.41, 5.74) is 5.89. The van der Waals surface area contributed by atoms with Gasteiger partial charge in [-0.1, -0.05) is 22.9 Å². The van der Waals surface area contributed by atoms with Crippen molar-refractivity contribution < 1.29 is 13.5 Å². The van der Waals surface area contributed by atoms with Gasteiger partial charge in [-0.05, 0) is 31.0 Å². The molecule has 1 unspecified atom stereocenters. The summed E-state index contributed by atoms with van der Waals surface area (Å²) in [5.74, 6) is 0. The number of nitrogens with two attached hydrogens (primary N) is 1. The van der Waals surface area contributed by atoms with Crippen LogP contribution in [0.4, 0.5) is 5.69 Å². The summed E-state index contributed by atoms with van der Waals surface area (Å²) in [6.45, 7) is 1.80. The molecule has 0 spiro atoms. The highest BCUT2D eigenvalue weighted by Crippen LogP contribution is 2.23. The minimum atomic E-state index is -3.65. The molecule has 1 aromatic rings. The number of sulfonamides is 1. The third-order valence-electron chi connectivity index (χ3n) is 2.55. The van der Waals surface area contributed by atoms with Gasteiger partial charge in [0.15, 0.2) is 0 Å². The fourth-order valence-electron chi connectivity index (χ4n) is 1.55. The number of aliphatic hydroxyl groups excluding tert-OH is 1. The lowest BCUT2D eigenvalue weighted by molar-refractivity contribution is 0.270. The molecule has 1 aromatic carbocycles. The Kier molecular flexibility index (Phi) is 5.58. The second kappa shape index (κ2) is 6.51. The van der Waals surface area contributed by atoms with Crippen LogP contribution in [0.3, 0.4) is 0 Å². The van der Waals surface area contributed by atoms with E-state index in [1.807, 2.05) is 6.92 Å². The Bertz CT molecular complexity index is 505. The maximum atomic E-state index is 12.1. The summed E-state index contributed by atoms with van der Waals surface area (Å²) in [7, 11) is -3.65. The Morgan fingerprint density at radius 1 is 1.50 bits per heavy atom. The Balaban J connectivity index is 2.99. The molecule has 0 saturated carbocycles. The van der Waals surface area contributed by atoms with E-state index in [9.17, 15) is 8.42 Å². The maximum Gasteiger partial charge on any atom is 0.242 e. The van der Waals surface area contributed by atoms with E-state index in [4.69, 9.17) is 10.8 Å². The van der Waals surface area contributed by atoms with Crippen molar-refractivity contribution in [3.8, 4) is 0 Å². The van der Waals surface area contributed by atoms with Crippen molar-refractivity contribution >= 4 is 31.6 Å². The van der Waals surface area contributed by atoms with Crippen molar-refractivity contribution in [2.75, 3.05) is 12.3 Å². The molecule has 0 aliphatic rings.